The van der Waals surface area contributed by atoms with Crippen LogP contribution in [-0.2, 0) is 11.2 Å². The molecule has 4 heterocycles. The third-order valence-corrected chi connectivity index (χ3v) is 7.40. The Bertz CT molecular complexity index is 1220. The van der Waals surface area contributed by atoms with Gasteiger partial charge >= 0.3 is 0 Å². The number of hydrogen-bond acceptors (Lipinski definition) is 7. The monoisotopic (exact) mass is 457 g/mol. The Balaban J connectivity index is 1.71. The second kappa shape index (κ2) is 8.59. The molecular formula is C26H23N3O3S. The molecule has 0 unspecified atom stereocenters. The molecule has 1 aliphatic carbocycles. The minimum Gasteiger partial charge on any atom is -0.383 e. The molecule has 166 valence electrons. The number of pyridine rings is 3. The molecule has 0 bridgehead atoms. The quantitative estimate of drug-likeness (QED) is 0.438. The summed E-state index contributed by atoms with van der Waals surface area (Å²) < 4.78 is 0. The van der Waals surface area contributed by atoms with Crippen molar-refractivity contribution in [2.45, 2.75) is 30.0 Å². The maximum atomic E-state index is 13.9. The topological polar surface area (TPSA) is 96.2 Å². The van der Waals surface area contributed by atoms with Crippen LogP contribution in [-0.4, -0.2) is 30.9 Å². The minimum atomic E-state index is -1.74. The fraction of sp³-hybridized carbons (Fsp3) is 0.231. The predicted molar refractivity (Wildman–Crippen MR) is 125 cm³/mol. The van der Waals surface area contributed by atoms with Crippen LogP contribution in [0.15, 0.2) is 90.7 Å². The van der Waals surface area contributed by atoms with Gasteiger partial charge in [-0.25, -0.2) is 0 Å². The second-order valence-electron chi connectivity index (χ2n) is 8.45. The molecule has 0 spiro atoms. The summed E-state index contributed by atoms with van der Waals surface area (Å²) in [5.74, 6) is -1.62. The summed E-state index contributed by atoms with van der Waals surface area (Å²) in [6.07, 6.45) is 4.91. The van der Waals surface area contributed by atoms with Crippen LogP contribution in [0.25, 0.3) is 0 Å². The molecule has 33 heavy (non-hydrogen) atoms. The molecule has 1 saturated carbocycles. The van der Waals surface area contributed by atoms with Crippen LogP contribution in [0.4, 0.5) is 0 Å². The highest BCUT2D eigenvalue weighted by atomic mass is 32.1. The standard InChI is InChI=1S/C26H23N3O3S/c30-24(19-8-1-4-12-27-19)23-18(20-9-7-15-33-20)16-25(31,21-10-2-5-13-28-21)17-26(23,32)22-11-3-6-14-29-22/h1-15,18,23,31-32H,16-17H2/t18-,23+,25+,26-/m1/s1. The van der Waals surface area contributed by atoms with Crippen molar-refractivity contribution in [1.29, 1.82) is 0 Å². The number of carbonyl (C=O) groups is 1. The van der Waals surface area contributed by atoms with Gasteiger partial charge in [0.2, 0.25) is 0 Å². The first-order valence-corrected chi connectivity index (χ1v) is 11.7. The summed E-state index contributed by atoms with van der Waals surface area (Å²) in [6.45, 7) is 0. The average molecular weight is 458 g/mol. The Morgan fingerprint density at radius 1 is 0.848 bits per heavy atom. The van der Waals surface area contributed by atoms with Crippen LogP contribution in [0.3, 0.4) is 0 Å². The van der Waals surface area contributed by atoms with Gasteiger partial charge in [-0.3, -0.25) is 19.7 Å². The van der Waals surface area contributed by atoms with E-state index in [1.54, 1.807) is 67.1 Å². The first-order valence-electron chi connectivity index (χ1n) is 10.8. The summed E-state index contributed by atoms with van der Waals surface area (Å²) >= 11 is 1.50. The van der Waals surface area contributed by atoms with E-state index < -0.39 is 23.0 Å². The fourth-order valence-corrected chi connectivity index (χ4v) is 5.84. The Labute approximate surface area is 195 Å². The van der Waals surface area contributed by atoms with Crippen molar-refractivity contribution in [3.8, 4) is 0 Å². The zero-order chi connectivity index (χ0) is 22.9. The van der Waals surface area contributed by atoms with E-state index in [1.807, 2.05) is 23.6 Å². The summed E-state index contributed by atoms with van der Waals surface area (Å²) in [4.78, 5) is 27.9. The highest BCUT2D eigenvalue weighted by Crippen LogP contribution is 2.56. The van der Waals surface area contributed by atoms with Gasteiger partial charge in [0.05, 0.1) is 17.3 Å². The van der Waals surface area contributed by atoms with Gasteiger partial charge in [-0.1, -0.05) is 24.3 Å². The number of thiophene rings is 1. The molecule has 1 aliphatic rings. The smallest absolute Gasteiger partial charge is 0.188 e. The minimum absolute atomic E-state index is 0.112. The van der Waals surface area contributed by atoms with Crippen LogP contribution in [0.2, 0.25) is 0 Å². The maximum absolute atomic E-state index is 13.9. The zero-order valence-electron chi connectivity index (χ0n) is 17.8. The molecule has 0 radical (unpaired) electrons. The van der Waals surface area contributed by atoms with E-state index in [2.05, 4.69) is 15.0 Å². The fourth-order valence-electron chi connectivity index (χ4n) is 4.98. The molecule has 0 saturated heterocycles. The van der Waals surface area contributed by atoms with Crippen LogP contribution < -0.4 is 0 Å². The summed E-state index contributed by atoms with van der Waals surface area (Å²) in [6, 6.07) is 19.6. The van der Waals surface area contributed by atoms with Gasteiger partial charge in [-0.15, -0.1) is 11.3 Å². The SMILES string of the molecule is O=C(c1ccccn1)[C@@H]1[C@@H](c2cccs2)C[C@@](O)(c2ccccn2)C[C@@]1(O)c1ccccn1. The number of Topliss-reactive ketones (excluding diaryl/α,β-unsaturated/α-hetero) is 1. The second-order valence-corrected chi connectivity index (χ2v) is 9.42. The number of hydrogen-bond donors (Lipinski definition) is 2. The maximum Gasteiger partial charge on any atom is 0.188 e. The number of aromatic nitrogens is 3. The summed E-state index contributed by atoms with van der Waals surface area (Å²) in [5, 5.41) is 26.1. The molecule has 7 heteroatoms. The zero-order valence-corrected chi connectivity index (χ0v) is 18.6. The molecule has 0 amide bonds. The third-order valence-electron chi connectivity index (χ3n) is 6.39. The van der Waals surface area contributed by atoms with Gasteiger partial charge in [0.1, 0.15) is 16.9 Å². The number of rotatable bonds is 5. The van der Waals surface area contributed by atoms with Crippen molar-refractivity contribution in [3.05, 3.63) is 113 Å². The van der Waals surface area contributed by atoms with Gasteiger partial charge in [-0.2, -0.15) is 0 Å². The van der Waals surface area contributed by atoms with E-state index in [-0.39, 0.29) is 24.3 Å². The molecule has 0 aliphatic heterocycles. The molecule has 4 atom stereocenters. The van der Waals surface area contributed by atoms with Crippen LogP contribution in [0.5, 0.6) is 0 Å². The Kier molecular flexibility index (Phi) is 5.62. The highest BCUT2D eigenvalue weighted by molar-refractivity contribution is 7.10. The van der Waals surface area contributed by atoms with Crippen molar-refractivity contribution in [2.75, 3.05) is 0 Å². The van der Waals surface area contributed by atoms with E-state index in [4.69, 9.17) is 0 Å². The number of ketones is 1. The lowest BCUT2D eigenvalue weighted by Crippen LogP contribution is -2.54. The molecular weight excluding hydrogens is 434 g/mol. The lowest BCUT2D eigenvalue weighted by Gasteiger charge is -2.49. The van der Waals surface area contributed by atoms with Crippen molar-refractivity contribution in [1.82, 2.24) is 15.0 Å². The molecule has 2 N–H and O–H groups in total. The van der Waals surface area contributed by atoms with Crippen LogP contribution >= 0.6 is 11.3 Å². The molecule has 5 rings (SSSR count). The number of nitrogens with zero attached hydrogens (tertiary/aromatic N) is 3. The Morgan fingerprint density at radius 3 is 2.09 bits per heavy atom. The lowest BCUT2D eigenvalue weighted by atomic mass is 9.59. The number of aliphatic hydroxyl groups is 2. The van der Waals surface area contributed by atoms with E-state index in [1.165, 1.54) is 11.3 Å². The molecule has 4 aromatic rings. The van der Waals surface area contributed by atoms with Gasteiger partial charge in [0, 0.05) is 35.8 Å². The molecule has 6 nitrogen and oxygen atoms in total. The Hall–Kier alpha value is -3.26. The van der Waals surface area contributed by atoms with Gasteiger partial charge < -0.3 is 10.2 Å². The van der Waals surface area contributed by atoms with Crippen LogP contribution in [0.1, 0.15) is 45.5 Å². The van der Waals surface area contributed by atoms with E-state index >= 15 is 0 Å². The highest BCUT2D eigenvalue weighted by Gasteiger charge is 2.59. The summed E-state index contributed by atoms with van der Waals surface area (Å²) in [5.41, 5.74) is -2.11. The molecule has 1 fully saturated rings. The first kappa shape index (κ1) is 21.6. The largest absolute Gasteiger partial charge is 0.383 e. The van der Waals surface area contributed by atoms with Crippen molar-refractivity contribution < 1.29 is 15.0 Å². The number of carbonyl (C=O) groups excluding carboxylic acids is 1. The predicted octanol–water partition coefficient (Wildman–Crippen LogP) is 4.09. The lowest BCUT2D eigenvalue weighted by molar-refractivity contribution is -0.143. The van der Waals surface area contributed by atoms with Crippen LogP contribution in [0, 0.1) is 5.92 Å². The van der Waals surface area contributed by atoms with Crippen molar-refractivity contribution >= 4 is 17.1 Å². The summed E-state index contributed by atoms with van der Waals surface area (Å²) in [7, 11) is 0. The third kappa shape index (κ3) is 3.88. The van der Waals surface area contributed by atoms with Gasteiger partial charge in [-0.05, 0) is 54.3 Å². The first-order chi connectivity index (χ1) is 16.0. The van der Waals surface area contributed by atoms with E-state index in [0.29, 0.717) is 11.4 Å². The normalized spacial score (nSPS) is 27.2. The van der Waals surface area contributed by atoms with E-state index in [0.717, 1.165) is 4.88 Å². The van der Waals surface area contributed by atoms with Crippen molar-refractivity contribution in [3.63, 3.8) is 0 Å². The van der Waals surface area contributed by atoms with E-state index in [9.17, 15) is 15.0 Å². The van der Waals surface area contributed by atoms with Gasteiger partial charge in [0.25, 0.3) is 0 Å². The molecule has 0 aromatic carbocycles. The van der Waals surface area contributed by atoms with Crippen molar-refractivity contribution in [2.24, 2.45) is 5.92 Å². The molecule has 4 aromatic heterocycles. The van der Waals surface area contributed by atoms with Gasteiger partial charge in [0.15, 0.2) is 5.78 Å². The average Bonchev–Trinajstić information content (AvgIpc) is 3.40. The Morgan fingerprint density at radius 2 is 1.52 bits per heavy atom.